The van der Waals surface area contributed by atoms with E-state index in [0.29, 0.717) is 16.8 Å². The Bertz CT molecular complexity index is 889. The maximum absolute atomic E-state index is 14.0. The lowest BCUT2D eigenvalue weighted by molar-refractivity contribution is -0.120. The molecule has 0 saturated carbocycles. The van der Waals surface area contributed by atoms with Crippen molar-refractivity contribution in [2.24, 2.45) is 0 Å². The Labute approximate surface area is 158 Å². The Morgan fingerprint density at radius 3 is 2.41 bits per heavy atom. The molecule has 1 N–H and O–H groups in total. The van der Waals surface area contributed by atoms with Gasteiger partial charge in [0.25, 0.3) is 0 Å². The Balaban J connectivity index is 2.01. The molecule has 0 aliphatic rings. The number of carbonyl (C=O) groups excluding carboxylic acids is 1. The lowest BCUT2D eigenvalue weighted by Gasteiger charge is -2.23. The Kier molecular flexibility index (Phi) is 6.90. The number of carbonyl (C=O) groups is 1. The summed E-state index contributed by atoms with van der Waals surface area (Å²) in [5, 5.41) is 2.71. The lowest BCUT2D eigenvalue weighted by atomic mass is 10.1. The van der Waals surface area contributed by atoms with E-state index in [-0.39, 0.29) is 11.7 Å². The van der Waals surface area contributed by atoms with E-state index in [2.05, 4.69) is 5.32 Å². The van der Waals surface area contributed by atoms with Gasteiger partial charge in [-0.25, -0.2) is 17.2 Å². The average molecular weight is 396 g/mol. The Morgan fingerprint density at radius 1 is 1.15 bits per heavy atom. The molecule has 2 rings (SSSR count). The molecule has 27 heavy (non-hydrogen) atoms. The summed E-state index contributed by atoms with van der Waals surface area (Å²) < 4.78 is 51.7. The summed E-state index contributed by atoms with van der Waals surface area (Å²) in [5.41, 5.74) is 0.760. The first-order valence-electron chi connectivity index (χ1n) is 8.43. The molecule has 0 aliphatic heterocycles. The van der Waals surface area contributed by atoms with Crippen molar-refractivity contribution in [1.82, 2.24) is 5.32 Å². The van der Waals surface area contributed by atoms with Gasteiger partial charge in [-0.2, -0.15) is 0 Å². The van der Waals surface area contributed by atoms with E-state index in [1.807, 2.05) is 37.3 Å². The minimum absolute atomic E-state index is 0.197. The number of nitrogens with one attached hydrogen (secondary N) is 1. The average Bonchev–Trinajstić information content (AvgIpc) is 2.58. The summed E-state index contributed by atoms with van der Waals surface area (Å²) in [7, 11) is -3.93. The summed E-state index contributed by atoms with van der Waals surface area (Å²) in [6.07, 6.45) is 2.28. The number of hydrogen-bond acceptors (Lipinski definition) is 3. The molecule has 5 nitrogen and oxygen atoms in total. The molecule has 1 unspecified atom stereocenters. The first kappa shape index (κ1) is 20.8. The first-order valence-corrected chi connectivity index (χ1v) is 10.3. The van der Waals surface area contributed by atoms with Gasteiger partial charge in [0.2, 0.25) is 15.9 Å². The summed E-state index contributed by atoms with van der Waals surface area (Å²) in [6.45, 7) is 1.22. The van der Waals surface area contributed by atoms with Gasteiger partial charge in [-0.15, -0.1) is 0 Å². The highest BCUT2D eigenvalue weighted by Gasteiger charge is 2.24. The number of sulfonamides is 1. The normalized spacial score (nSPS) is 12.4. The van der Waals surface area contributed by atoms with E-state index in [4.69, 9.17) is 0 Å². The van der Waals surface area contributed by atoms with Crippen LogP contribution in [0.1, 0.15) is 18.9 Å². The molecule has 8 heteroatoms. The van der Waals surface area contributed by atoms with Crippen LogP contribution in [0.2, 0.25) is 0 Å². The number of benzene rings is 2. The van der Waals surface area contributed by atoms with Gasteiger partial charge in [0.05, 0.1) is 11.9 Å². The summed E-state index contributed by atoms with van der Waals surface area (Å²) >= 11 is 0. The Hall–Kier alpha value is -2.48. The van der Waals surface area contributed by atoms with Gasteiger partial charge in [-0.05, 0) is 37.5 Å². The van der Waals surface area contributed by atoms with E-state index in [1.165, 1.54) is 0 Å². The number of rotatable bonds is 8. The van der Waals surface area contributed by atoms with Gasteiger partial charge in [-0.1, -0.05) is 30.3 Å². The molecule has 146 valence electrons. The first-order chi connectivity index (χ1) is 12.7. The van der Waals surface area contributed by atoms with Gasteiger partial charge in [0, 0.05) is 12.1 Å². The molecule has 1 atom stereocenters. The van der Waals surface area contributed by atoms with Crippen LogP contribution >= 0.6 is 0 Å². The lowest BCUT2D eigenvalue weighted by Crippen LogP contribution is -2.43. The van der Waals surface area contributed by atoms with E-state index in [9.17, 15) is 22.0 Å². The fourth-order valence-electron chi connectivity index (χ4n) is 2.62. The van der Waals surface area contributed by atoms with Crippen molar-refractivity contribution in [2.45, 2.75) is 25.8 Å². The minimum atomic E-state index is -3.93. The van der Waals surface area contributed by atoms with Crippen LogP contribution in [0.4, 0.5) is 14.5 Å². The molecule has 0 spiro atoms. The molecule has 0 radical (unpaired) electrons. The van der Waals surface area contributed by atoms with Crippen molar-refractivity contribution in [3.05, 3.63) is 65.7 Å². The Morgan fingerprint density at radius 2 is 1.81 bits per heavy atom. The van der Waals surface area contributed by atoms with E-state index in [0.717, 1.165) is 30.4 Å². The monoisotopic (exact) mass is 396 g/mol. The van der Waals surface area contributed by atoms with Crippen LogP contribution in [0.3, 0.4) is 0 Å². The molecule has 2 aromatic carbocycles. The number of amides is 1. The van der Waals surface area contributed by atoms with Crippen LogP contribution in [-0.4, -0.2) is 33.2 Å². The van der Waals surface area contributed by atoms with Crippen molar-refractivity contribution in [2.75, 3.05) is 17.1 Å². The molecule has 0 bridgehead atoms. The predicted molar refractivity (Wildman–Crippen MR) is 101 cm³/mol. The van der Waals surface area contributed by atoms with Crippen LogP contribution in [0.15, 0.2) is 48.5 Å². The summed E-state index contributed by atoms with van der Waals surface area (Å²) in [4.78, 5) is 12.3. The molecule has 1 amide bonds. The maximum Gasteiger partial charge on any atom is 0.240 e. The highest BCUT2D eigenvalue weighted by molar-refractivity contribution is 7.92. The van der Waals surface area contributed by atoms with Crippen molar-refractivity contribution in [1.29, 1.82) is 0 Å². The highest BCUT2D eigenvalue weighted by atomic mass is 32.2. The van der Waals surface area contributed by atoms with E-state index >= 15 is 0 Å². The zero-order valence-electron chi connectivity index (χ0n) is 15.2. The van der Waals surface area contributed by atoms with Crippen LogP contribution in [0.5, 0.6) is 0 Å². The van der Waals surface area contributed by atoms with Crippen molar-refractivity contribution < 1.29 is 22.0 Å². The molecule has 2 aromatic rings. The van der Waals surface area contributed by atoms with Crippen molar-refractivity contribution in [3.63, 3.8) is 0 Å². The highest BCUT2D eigenvalue weighted by Crippen LogP contribution is 2.22. The summed E-state index contributed by atoms with van der Waals surface area (Å²) in [5.74, 6) is -2.45. The van der Waals surface area contributed by atoms with Gasteiger partial charge in [-0.3, -0.25) is 9.10 Å². The van der Waals surface area contributed by atoms with Crippen LogP contribution < -0.4 is 9.62 Å². The van der Waals surface area contributed by atoms with Crippen LogP contribution in [0, 0.1) is 11.6 Å². The second kappa shape index (κ2) is 8.94. The third kappa shape index (κ3) is 6.32. The fraction of sp³-hybridized carbons (Fsp3) is 0.316. The van der Waals surface area contributed by atoms with Crippen LogP contribution in [-0.2, 0) is 21.2 Å². The van der Waals surface area contributed by atoms with Crippen LogP contribution in [0.25, 0.3) is 0 Å². The maximum atomic E-state index is 14.0. The van der Waals surface area contributed by atoms with Gasteiger partial charge >= 0.3 is 0 Å². The molecule has 0 aliphatic carbocycles. The zero-order chi connectivity index (χ0) is 20.0. The number of aryl methyl sites for hydroxylation is 1. The van der Waals surface area contributed by atoms with Gasteiger partial charge in [0.1, 0.15) is 18.2 Å². The molecule has 0 heterocycles. The fourth-order valence-corrected chi connectivity index (χ4v) is 3.47. The van der Waals surface area contributed by atoms with Crippen molar-refractivity contribution in [3.8, 4) is 0 Å². The SMILES string of the molecule is CC(CCc1ccccc1)NC(=O)CN(c1ccc(F)cc1F)S(C)(=O)=O. The van der Waals surface area contributed by atoms with Gasteiger partial charge in [0.15, 0.2) is 0 Å². The van der Waals surface area contributed by atoms with Crippen molar-refractivity contribution >= 4 is 21.6 Å². The number of anilines is 1. The smallest absolute Gasteiger partial charge is 0.240 e. The quantitative estimate of drug-likeness (QED) is 0.746. The molecular weight excluding hydrogens is 374 g/mol. The molecular formula is C19H22F2N2O3S. The molecule has 0 aromatic heterocycles. The molecule has 0 saturated heterocycles. The third-order valence-corrected chi connectivity index (χ3v) is 5.11. The van der Waals surface area contributed by atoms with E-state index in [1.54, 1.807) is 0 Å². The van der Waals surface area contributed by atoms with E-state index < -0.39 is 34.1 Å². The number of halogens is 2. The largest absolute Gasteiger partial charge is 0.352 e. The number of nitrogens with zero attached hydrogens (tertiary/aromatic N) is 1. The second-order valence-corrected chi connectivity index (χ2v) is 8.27. The topological polar surface area (TPSA) is 66.5 Å². The minimum Gasteiger partial charge on any atom is -0.352 e. The predicted octanol–water partition coefficient (Wildman–Crippen LogP) is 2.87. The standard InChI is InChI=1S/C19H22F2N2O3S/c1-14(8-9-15-6-4-3-5-7-15)22-19(24)13-23(27(2,25)26)18-11-10-16(20)12-17(18)21/h3-7,10-12,14H,8-9,13H2,1-2H3,(H,22,24). The second-order valence-electron chi connectivity index (χ2n) is 6.36. The summed E-state index contributed by atoms with van der Waals surface area (Å²) in [6, 6.07) is 12.1. The molecule has 0 fully saturated rings. The third-order valence-electron chi connectivity index (χ3n) is 3.98. The zero-order valence-corrected chi connectivity index (χ0v) is 16.0. The number of hydrogen-bond donors (Lipinski definition) is 1. The van der Waals surface area contributed by atoms with Gasteiger partial charge < -0.3 is 5.32 Å².